The molecule has 0 saturated heterocycles. The molecule has 7 aromatic carbocycles. The zero-order valence-electron chi connectivity index (χ0n) is 23.7. The molecule has 0 radical (unpaired) electrons. The highest BCUT2D eigenvalue weighted by molar-refractivity contribution is 6.23. The molecule has 0 fully saturated rings. The predicted octanol–water partition coefficient (Wildman–Crippen LogP) is 11.4. The summed E-state index contributed by atoms with van der Waals surface area (Å²) in [6, 6.07) is 48.7. The third kappa shape index (κ3) is 3.60. The molecule has 0 bridgehead atoms. The van der Waals surface area contributed by atoms with Gasteiger partial charge in [0.15, 0.2) is 0 Å². The summed E-state index contributed by atoms with van der Waals surface area (Å²) in [5, 5.41) is 4.73. The van der Waals surface area contributed by atoms with E-state index < -0.39 is 0 Å². The van der Waals surface area contributed by atoms with Crippen LogP contribution in [0, 0.1) is 5.82 Å². The molecule has 7 aromatic rings. The van der Waals surface area contributed by atoms with Crippen molar-refractivity contribution in [1.29, 1.82) is 0 Å². The van der Waals surface area contributed by atoms with Crippen LogP contribution in [0.4, 0.5) is 4.39 Å². The van der Waals surface area contributed by atoms with Gasteiger partial charge in [0, 0.05) is 5.41 Å². The zero-order chi connectivity index (χ0) is 28.4. The lowest BCUT2D eigenvalue weighted by Gasteiger charge is -2.23. The molecule has 8 rings (SSSR count). The molecule has 0 aromatic heterocycles. The second kappa shape index (κ2) is 9.26. The minimum atomic E-state index is -0.225. The van der Waals surface area contributed by atoms with Crippen molar-refractivity contribution in [1.82, 2.24) is 0 Å². The van der Waals surface area contributed by atoms with Crippen molar-refractivity contribution in [3.8, 4) is 44.5 Å². The van der Waals surface area contributed by atoms with Crippen molar-refractivity contribution < 1.29 is 4.39 Å². The van der Waals surface area contributed by atoms with Gasteiger partial charge in [-0.2, -0.15) is 0 Å². The number of hydrogen-bond donors (Lipinski definition) is 0. The minimum Gasteiger partial charge on any atom is -0.207 e. The second-order valence-electron chi connectivity index (χ2n) is 11.8. The fourth-order valence-electron chi connectivity index (χ4n) is 7.17. The maximum absolute atomic E-state index is 14.1. The molecule has 0 atom stereocenters. The molecule has 0 aliphatic heterocycles. The first-order valence-corrected chi connectivity index (χ1v) is 14.6. The van der Waals surface area contributed by atoms with E-state index in [2.05, 4.69) is 129 Å². The summed E-state index contributed by atoms with van der Waals surface area (Å²) in [6.07, 6.45) is 0. The Morgan fingerprint density at radius 2 is 1.00 bits per heavy atom. The van der Waals surface area contributed by atoms with Crippen LogP contribution >= 0.6 is 0 Å². The standard InChI is InChI=1S/C41H29F/c1-41(2)36-17-9-8-15-33(36)40-34(16-10-18-37(40)41)39-31-14-7-6-13-30(31)38(27-19-22-29(42)23-20-27)32-24-21-28(25-35(32)39)26-11-4-3-5-12-26/h3-25H,1-2H3. The first-order chi connectivity index (χ1) is 20.5. The van der Waals surface area contributed by atoms with Crippen molar-refractivity contribution in [2.75, 3.05) is 0 Å². The first-order valence-electron chi connectivity index (χ1n) is 14.6. The summed E-state index contributed by atoms with van der Waals surface area (Å²) < 4.78 is 14.1. The quantitative estimate of drug-likeness (QED) is 0.196. The molecule has 0 nitrogen and oxygen atoms in total. The fourth-order valence-corrected chi connectivity index (χ4v) is 7.17. The Balaban J connectivity index is 1.55. The normalized spacial score (nSPS) is 13.3. The number of hydrogen-bond acceptors (Lipinski definition) is 0. The van der Waals surface area contributed by atoms with Crippen LogP contribution in [0.2, 0.25) is 0 Å². The van der Waals surface area contributed by atoms with Crippen molar-refractivity contribution in [3.05, 3.63) is 156 Å². The SMILES string of the molecule is CC1(C)c2ccccc2-c2c(-c3c4ccccc4c(-c4ccc(F)cc4)c4ccc(-c5ccccc5)cc34)cccc21. The van der Waals surface area contributed by atoms with Gasteiger partial charge in [-0.3, -0.25) is 0 Å². The van der Waals surface area contributed by atoms with Crippen molar-refractivity contribution >= 4 is 21.5 Å². The monoisotopic (exact) mass is 540 g/mol. The van der Waals surface area contributed by atoms with Crippen molar-refractivity contribution in [2.45, 2.75) is 19.3 Å². The molecule has 42 heavy (non-hydrogen) atoms. The van der Waals surface area contributed by atoms with Gasteiger partial charge >= 0.3 is 0 Å². The zero-order valence-corrected chi connectivity index (χ0v) is 23.7. The van der Waals surface area contributed by atoms with Crippen LogP contribution in [0.15, 0.2) is 140 Å². The van der Waals surface area contributed by atoms with Gasteiger partial charge in [-0.15, -0.1) is 0 Å². The average Bonchev–Trinajstić information content (AvgIpc) is 3.27. The Morgan fingerprint density at radius 1 is 0.405 bits per heavy atom. The lowest BCUT2D eigenvalue weighted by atomic mass is 9.80. The Morgan fingerprint density at radius 3 is 1.79 bits per heavy atom. The largest absolute Gasteiger partial charge is 0.207 e. The number of fused-ring (bicyclic) bond motifs is 5. The fraction of sp³-hybridized carbons (Fsp3) is 0.0732. The van der Waals surface area contributed by atoms with Gasteiger partial charge in [-0.25, -0.2) is 4.39 Å². The number of benzene rings is 7. The summed E-state index contributed by atoms with van der Waals surface area (Å²) in [5.74, 6) is -0.225. The van der Waals surface area contributed by atoms with E-state index in [1.54, 1.807) is 12.1 Å². The highest BCUT2D eigenvalue weighted by Gasteiger charge is 2.37. The second-order valence-corrected chi connectivity index (χ2v) is 11.8. The van der Waals surface area contributed by atoms with E-state index in [1.807, 2.05) is 12.1 Å². The van der Waals surface area contributed by atoms with E-state index in [0.29, 0.717) is 0 Å². The van der Waals surface area contributed by atoms with Crippen LogP contribution in [0.25, 0.3) is 66.1 Å². The van der Waals surface area contributed by atoms with Gasteiger partial charge in [0.1, 0.15) is 5.82 Å². The van der Waals surface area contributed by atoms with E-state index in [0.717, 1.165) is 16.5 Å². The van der Waals surface area contributed by atoms with E-state index >= 15 is 0 Å². The summed E-state index contributed by atoms with van der Waals surface area (Å²) in [4.78, 5) is 0. The van der Waals surface area contributed by atoms with E-state index in [9.17, 15) is 4.39 Å². The van der Waals surface area contributed by atoms with E-state index in [-0.39, 0.29) is 11.2 Å². The molecule has 0 heterocycles. The minimum absolute atomic E-state index is 0.0865. The van der Waals surface area contributed by atoms with Crippen LogP contribution in [0.5, 0.6) is 0 Å². The smallest absolute Gasteiger partial charge is 0.123 e. The van der Waals surface area contributed by atoms with Crippen molar-refractivity contribution in [2.24, 2.45) is 0 Å². The van der Waals surface area contributed by atoms with E-state index in [4.69, 9.17) is 0 Å². The molecule has 1 aliphatic carbocycles. The average molecular weight is 541 g/mol. The lowest BCUT2D eigenvalue weighted by Crippen LogP contribution is -2.14. The van der Waals surface area contributed by atoms with Crippen LogP contribution in [-0.4, -0.2) is 0 Å². The molecule has 1 aliphatic rings. The molecule has 0 N–H and O–H groups in total. The summed E-state index contributed by atoms with van der Waals surface area (Å²) >= 11 is 0. The molecule has 200 valence electrons. The molecule has 0 spiro atoms. The topological polar surface area (TPSA) is 0 Å². The lowest BCUT2D eigenvalue weighted by molar-refractivity contribution is 0.628. The molecule has 0 unspecified atom stereocenters. The molecule has 0 amide bonds. The van der Waals surface area contributed by atoms with Gasteiger partial charge < -0.3 is 0 Å². The van der Waals surface area contributed by atoms with Gasteiger partial charge in [-0.05, 0) is 95.4 Å². The predicted molar refractivity (Wildman–Crippen MR) is 175 cm³/mol. The molecular formula is C41H29F. The first kappa shape index (κ1) is 24.8. The summed E-state index contributed by atoms with van der Waals surface area (Å²) in [6.45, 7) is 4.67. The number of rotatable bonds is 3. The van der Waals surface area contributed by atoms with Gasteiger partial charge in [0.05, 0.1) is 0 Å². The summed E-state index contributed by atoms with van der Waals surface area (Å²) in [7, 11) is 0. The Bertz CT molecular complexity index is 2150. The molecular weight excluding hydrogens is 511 g/mol. The highest BCUT2D eigenvalue weighted by atomic mass is 19.1. The van der Waals surface area contributed by atoms with Gasteiger partial charge in [0.2, 0.25) is 0 Å². The number of halogens is 1. The van der Waals surface area contributed by atoms with Crippen LogP contribution in [0.1, 0.15) is 25.0 Å². The van der Waals surface area contributed by atoms with E-state index in [1.165, 1.54) is 60.7 Å². The maximum atomic E-state index is 14.1. The molecule has 0 saturated carbocycles. The third-order valence-electron chi connectivity index (χ3n) is 9.14. The van der Waals surface area contributed by atoms with Gasteiger partial charge in [0.25, 0.3) is 0 Å². The van der Waals surface area contributed by atoms with Crippen LogP contribution in [0.3, 0.4) is 0 Å². The maximum Gasteiger partial charge on any atom is 0.123 e. The van der Waals surface area contributed by atoms with Crippen LogP contribution in [-0.2, 0) is 5.41 Å². The van der Waals surface area contributed by atoms with Crippen LogP contribution < -0.4 is 0 Å². The summed E-state index contributed by atoms with van der Waals surface area (Å²) in [5.41, 5.74) is 12.3. The Labute approximate surface area is 245 Å². The Kier molecular flexibility index (Phi) is 5.46. The Hall–Kier alpha value is -5.01. The highest BCUT2D eigenvalue weighted by Crippen LogP contribution is 2.54. The molecule has 1 heteroatoms. The third-order valence-corrected chi connectivity index (χ3v) is 9.14. The van der Waals surface area contributed by atoms with Crippen molar-refractivity contribution in [3.63, 3.8) is 0 Å². The van der Waals surface area contributed by atoms with Gasteiger partial charge in [-0.1, -0.05) is 135 Å².